The molecule has 0 N–H and O–H groups in total. The van der Waals surface area contributed by atoms with E-state index >= 15 is 0 Å². The smallest absolute Gasteiger partial charge is 0.138 e. The summed E-state index contributed by atoms with van der Waals surface area (Å²) in [7, 11) is 0. The number of aryl methyl sites for hydroxylation is 1. The van der Waals surface area contributed by atoms with Gasteiger partial charge in [-0.25, -0.2) is 4.39 Å². The maximum absolute atomic E-state index is 13.2. The Morgan fingerprint density at radius 1 is 1.43 bits per heavy atom. The lowest BCUT2D eigenvalue weighted by molar-refractivity contribution is 0.624. The van der Waals surface area contributed by atoms with Crippen molar-refractivity contribution in [3.63, 3.8) is 0 Å². The van der Waals surface area contributed by atoms with Crippen LogP contribution in [-0.2, 0) is 0 Å². The van der Waals surface area contributed by atoms with E-state index in [1.165, 1.54) is 18.9 Å². The molecule has 1 aromatic rings. The SMILES string of the molecule is Cc1ccc(F)c(C#CCC2CC2)c1. The van der Waals surface area contributed by atoms with Gasteiger partial charge in [0.25, 0.3) is 0 Å². The van der Waals surface area contributed by atoms with E-state index < -0.39 is 0 Å². The molecule has 0 heterocycles. The predicted molar refractivity (Wildman–Crippen MR) is 55.4 cm³/mol. The van der Waals surface area contributed by atoms with E-state index in [0.29, 0.717) is 5.56 Å². The third-order valence-electron chi connectivity index (χ3n) is 2.43. The molecule has 1 fully saturated rings. The van der Waals surface area contributed by atoms with Crippen molar-refractivity contribution >= 4 is 0 Å². The van der Waals surface area contributed by atoms with Gasteiger partial charge >= 0.3 is 0 Å². The van der Waals surface area contributed by atoms with Crippen LogP contribution in [0, 0.1) is 30.5 Å². The Bertz CT molecular complexity index is 391. The topological polar surface area (TPSA) is 0 Å². The van der Waals surface area contributed by atoms with Crippen molar-refractivity contribution in [1.82, 2.24) is 0 Å². The van der Waals surface area contributed by atoms with Crippen molar-refractivity contribution in [2.75, 3.05) is 0 Å². The molecule has 1 saturated carbocycles. The second kappa shape index (κ2) is 3.84. The van der Waals surface area contributed by atoms with Gasteiger partial charge in [0.15, 0.2) is 0 Å². The van der Waals surface area contributed by atoms with Gasteiger partial charge in [0, 0.05) is 6.42 Å². The zero-order chi connectivity index (χ0) is 9.97. The van der Waals surface area contributed by atoms with Gasteiger partial charge in [0.1, 0.15) is 5.82 Å². The van der Waals surface area contributed by atoms with Crippen LogP contribution in [0.15, 0.2) is 18.2 Å². The maximum Gasteiger partial charge on any atom is 0.138 e. The normalized spacial score (nSPS) is 14.7. The van der Waals surface area contributed by atoms with Crippen molar-refractivity contribution in [3.8, 4) is 11.8 Å². The van der Waals surface area contributed by atoms with E-state index in [2.05, 4.69) is 11.8 Å². The van der Waals surface area contributed by atoms with Crippen LogP contribution in [0.2, 0.25) is 0 Å². The fourth-order valence-electron chi connectivity index (χ4n) is 1.35. The number of rotatable bonds is 1. The first-order chi connectivity index (χ1) is 6.75. The van der Waals surface area contributed by atoms with Crippen LogP contribution in [0.4, 0.5) is 4.39 Å². The number of benzene rings is 1. The molecule has 72 valence electrons. The Hall–Kier alpha value is -1.29. The summed E-state index contributed by atoms with van der Waals surface area (Å²) in [5.74, 6) is 6.52. The van der Waals surface area contributed by atoms with Gasteiger partial charge in [0.05, 0.1) is 5.56 Å². The monoisotopic (exact) mass is 188 g/mol. The molecule has 0 saturated heterocycles. The minimum absolute atomic E-state index is 0.209. The van der Waals surface area contributed by atoms with Gasteiger partial charge in [-0.3, -0.25) is 0 Å². The Kier molecular flexibility index (Phi) is 2.54. The average molecular weight is 188 g/mol. The third kappa shape index (κ3) is 2.35. The summed E-state index contributed by atoms with van der Waals surface area (Å²) in [6.07, 6.45) is 3.52. The van der Waals surface area contributed by atoms with Crippen LogP contribution in [0.1, 0.15) is 30.4 Å². The molecular formula is C13H13F. The maximum atomic E-state index is 13.2. The van der Waals surface area contributed by atoms with Crippen LogP contribution >= 0.6 is 0 Å². The second-order valence-corrected chi connectivity index (χ2v) is 3.93. The number of halogens is 1. The molecule has 1 aliphatic rings. The van der Waals surface area contributed by atoms with E-state index in [0.717, 1.165) is 17.9 Å². The van der Waals surface area contributed by atoms with Crippen molar-refractivity contribution < 1.29 is 4.39 Å². The quantitative estimate of drug-likeness (QED) is 0.593. The lowest BCUT2D eigenvalue weighted by Gasteiger charge is -1.95. The molecule has 0 atom stereocenters. The second-order valence-electron chi connectivity index (χ2n) is 3.93. The van der Waals surface area contributed by atoms with Crippen LogP contribution in [0.3, 0.4) is 0 Å². The molecule has 0 unspecified atom stereocenters. The predicted octanol–water partition coefficient (Wildman–Crippen LogP) is 3.29. The van der Waals surface area contributed by atoms with Gasteiger partial charge in [0.2, 0.25) is 0 Å². The highest BCUT2D eigenvalue weighted by molar-refractivity contribution is 5.38. The fourth-order valence-corrected chi connectivity index (χ4v) is 1.35. The van der Waals surface area contributed by atoms with E-state index in [9.17, 15) is 4.39 Å². The Morgan fingerprint density at radius 2 is 2.21 bits per heavy atom. The summed E-state index contributed by atoms with van der Waals surface area (Å²) in [5.41, 5.74) is 1.59. The molecule has 1 heteroatoms. The molecule has 1 aromatic carbocycles. The highest BCUT2D eigenvalue weighted by Gasteiger charge is 2.19. The Labute approximate surface area is 84.1 Å². The number of hydrogen-bond donors (Lipinski definition) is 0. The standard InChI is InChI=1S/C13H13F/c1-10-5-8-13(14)12(9-10)4-2-3-11-6-7-11/h5,8-9,11H,3,6-7H2,1H3. The van der Waals surface area contributed by atoms with Gasteiger partial charge in [-0.1, -0.05) is 17.9 Å². The first-order valence-electron chi connectivity index (χ1n) is 5.01. The molecule has 0 aliphatic heterocycles. The molecule has 0 bridgehead atoms. The van der Waals surface area contributed by atoms with Crippen molar-refractivity contribution in [2.24, 2.45) is 5.92 Å². The summed E-state index contributed by atoms with van der Waals surface area (Å²) in [5, 5.41) is 0. The van der Waals surface area contributed by atoms with Crippen LogP contribution < -0.4 is 0 Å². The van der Waals surface area contributed by atoms with E-state index in [1.54, 1.807) is 12.1 Å². The largest absolute Gasteiger partial charge is 0.206 e. The molecule has 0 amide bonds. The fraction of sp³-hybridized carbons (Fsp3) is 0.385. The minimum Gasteiger partial charge on any atom is -0.206 e. The van der Waals surface area contributed by atoms with E-state index in [-0.39, 0.29) is 5.82 Å². The van der Waals surface area contributed by atoms with E-state index in [1.807, 2.05) is 6.92 Å². The highest BCUT2D eigenvalue weighted by Crippen LogP contribution is 2.31. The minimum atomic E-state index is -0.209. The number of hydrogen-bond acceptors (Lipinski definition) is 0. The first-order valence-corrected chi connectivity index (χ1v) is 5.01. The molecule has 0 nitrogen and oxygen atoms in total. The third-order valence-corrected chi connectivity index (χ3v) is 2.43. The molecule has 1 aliphatic carbocycles. The summed E-state index contributed by atoms with van der Waals surface area (Å²) in [4.78, 5) is 0. The summed E-state index contributed by atoms with van der Waals surface area (Å²) >= 11 is 0. The molecular weight excluding hydrogens is 175 g/mol. The van der Waals surface area contributed by atoms with Crippen molar-refractivity contribution in [1.29, 1.82) is 0 Å². The van der Waals surface area contributed by atoms with Crippen LogP contribution in [0.5, 0.6) is 0 Å². The Morgan fingerprint density at radius 3 is 2.93 bits per heavy atom. The van der Waals surface area contributed by atoms with Gasteiger partial charge in [-0.15, -0.1) is 0 Å². The first kappa shape index (κ1) is 9.27. The Balaban J connectivity index is 2.12. The molecule has 2 rings (SSSR count). The summed E-state index contributed by atoms with van der Waals surface area (Å²) < 4.78 is 13.2. The lowest BCUT2D eigenvalue weighted by atomic mass is 10.1. The highest BCUT2D eigenvalue weighted by atomic mass is 19.1. The summed E-state index contributed by atoms with van der Waals surface area (Å²) in [6.45, 7) is 1.95. The van der Waals surface area contributed by atoms with Crippen LogP contribution in [-0.4, -0.2) is 0 Å². The lowest BCUT2D eigenvalue weighted by Crippen LogP contribution is -1.84. The van der Waals surface area contributed by atoms with Crippen LogP contribution in [0.25, 0.3) is 0 Å². The molecule has 0 radical (unpaired) electrons. The zero-order valence-corrected chi connectivity index (χ0v) is 8.31. The average Bonchev–Trinajstić information content (AvgIpc) is 2.95. The molecule has 0 spiro atoms. The molecule has 14 heavy (non-hydrogen) atoms. The van der Waals surface area contributed by atoms with Crippen molar-refractivity contribution in [3.05, 3.63) is 35.1 Å². The van der Waals surface area contributed by atoms with Gasteiger partial charge < -0.3 is 0 Å². The van der Waals surface area contributed by atoms with Crippen molar-refractivity contribution in [2.45, 2.75) is 26.2 Å². The molecule has 0 aromatic heterocycles. The summed E-state index contributed by atoms with van der Waals surface area (Å²) in [6, 6.07) is 5.05. The van der Waals surface area contributed by atoms with Gasteiger partial charge in [-0.2, -0.15) is 0 Å². The zero-order valence-electron chi connectivity index (χ0n) is 8.31. The van der Waals surface area contributed by atoms with E-state index in [4.69, 9.17) is 0 Å². The van der Waals surface area contributed by atoms with Gasteiger partial charge in [-0.05, 0) is 43.4 Å².